The summed E-state index contributed by atoms with van der Waals surface area (Å²) in [5.41, 5.74) is 14.0. The number of hydrogen-bond acceptors (Lipinski definition) is 8. The maximum Gasteiger partial charge on any atom is 0.243 e. The maximum atomic E-state index is 14.1. The van der Waals surface area contributed by atoms with Crippen LogP contribution in [0.4, 0.5) is 0 Å². The zero-order valence-corrected chi connectivity index (χ0v) is 34.0. The normalized spacial score (nSPS) is 24.2. The molecule has 4 rings (SSSR count). The van der Waals surface area contributed by atoms with Gasteiger partial charge in [0.2, 0.25) is 41.4 Å². The summed E-state index contributed by atoms with van der Waals surface area (Å²) in [6.45, 7) is 2.80. The van der Waals surface area contributed by atoms with Crippen LogP contribution in [0, 0.1) is 17.8 Å². The summed E-state index contributed by atoms with van der Waals surface area (Å²) in [5.74, 6) is -4.38. The molecule has 0 radical (unpaired) electrons. The minimum absolute atomic E-state index is 0.0513. The third-order valence-corrected chi connectivity index (χ3v) is 11.9. The first-order valence-electron chi connectivity index (χ1n) is 21.3. The van der Waals surface area contributed by atoms with Crippen LogP contribution in [-0.2, 0) is 40.0 Å². The standard InChI is InChI=1S/C41H65N9O8/c1-24(51)45-30-14-6-9-27(30)38(55)49-34(13-3-5-22-43)40(57)46-31-15-8-11-29(31)39(56)50-35(23-25-17-19-26(52)20-18-25)41(58)47-32-16-7-10-28(32)37(54)48-33(36(44)53)12-2-4-21-42/h17-20,27-35,52H,2-16,21-23,42-43H2,1H3,(H2,44,53)(H,45,51)(H,46,57)(H,47,58)(H,48,54)(H,49,55)(H,50,56)/p+2/t27?,28?,29?,30?,31?,32?,33-,34-,35-/m1/s1. The number of phenolic OH excluding ortho intramolecular Hbond substituents is 1. The lowest BCUT2D eigenvalue weighted by Gasteiger charge is -2.28. The van der Waals surface area contributed by atoms with Crippen molar-refractivity contribution in [1.29, 1.82) is 0 Å². The molecule has 0 heterocycles. The number of rotatable bonds is 22. The fourth-order valence-corrected chi connectivity index (χ4v) is 8.69. The molecule has 1 aromatic carbocycles. The van der Waals surface area contributed by atoms with Crippen molar-refractivity contribution in [2.45, 2.75) is 146 Å². The lowest BCUT2D eigenvalue weighted by Crippen LogP contribution is -2.57. The summed E-state index contributed by atoms with van der Waals surface area (Å²) in [4.78, 5) is 92.6. The molecule has 3 aliphatic rings. The van der Waals surface area contributed by atoms with Gasteiger partial charge in [0.25, 0.3) is 0 Å². The molecule has 1 aromatic rings. The SMILES string of the molecule is CC(=O)NC1CCCC1C(=O)N[C@H](CCCC[NH3+])C(=O)NC1CCCC1C(=O)N[C@H](Cc1ccc(O)cc1)C(=O)NC1CCCC1C(=O)N[C@H](CCCC[NH3+])C(N)=O. The van der Waals surface area contributed by atoms with Gasteiger partial charge in [-0.3, -0.25) is 33.6 Å². The van der Waals surface area contributed by atoms with Crippen LogP contribution in [0.1, 0.15) is 109 Å². The molecule has 0 bridgehead atoms. The summed E-state index contributed by atoms with van der Waals surface area (Å²) >= 11 is 0. The number of primary amides is 1. The second kappa shape index (κ2) is 23.0. The second-order valence-electron chi connectivity index (χ2n) is 16.3. The molecule has 7 amide bonds. The topological polar surface area (TPSA) is 293 Å². The van der Waals surface area contributed by atoms with Gasteiger partial charge in [-0.15, -0.1) is 0 Å². The summed E-state index contributed by atoms with van der Waals surface area (Å²) in [6.07, 6.45) is 9.28. The molecule has 322 valence electrons. The molecule has 0 aliphatic heterocycles. The molecule has 17 heteroatoms. The first kappa shape index (κ1) is 45.9. The summed E-state index contributed by atoms with van der Waals surface area (Å²) < 4.78 is 0. The first-order valence-corrected chi connectivity index (χ1v) is 21.3. The van der Waals surface area contributed by atoms with Crippen molar-refractivity contribution in [3.63, 3.8) is 0 Å². The average Bonchev–Trinajstić information content (AvgIpc) is 3.96. The molecular weight excluding hydrogens is 747 g/mol. The van der Waals surface area contributed by atoms with Gasteiger partial charge in [0.15, 0.2) is 0 Å². The fourth-order valence-electron chi connectivity index (χ4n) is 8.69. The van der Waals surface area contributed by atoms with E-state index in [2.05, 4.69) is 43.4 Å². The van der Waals surface area contributed by atoms with Crippen molar-refractivity contribution in [2.75, 3.05) is 13.1 Å². The third kappa shape index (κ3) is 13.7. The number of hydrogen-bond donors (Lipinski definition) is 10. The van der Waals surface area contributed by atoms with Gasteiger partial charge in [0.1, 0.15) is 23.9 Å². The van der Waals surface area contributed by atoms with Gasteiger partial charge in [-0.05, 0) is 94.7 Å². The van der Waals surface area contributed by atoms with Gasteiger partial charge in [-0.1, -0.05) is 31.4 Å². The van der Waals surface area contributed by atoms with Crippen LogP contribution >= 0.6 is 0 Å². The number of carbonyl (C=O) groups is 7. The zero-order chi connectivity index (χ0) is 42.2. The lowest BCUT2D eigenvalue weighted by atomic mass is 9.97. The zero-order valence-electron chi connectivity index (χ0n) is 34.0. The van der Waals surface area contributed by atoms with E-state index in [1.54, 1.807) is 12.1 Å². The average molecular weight is 814 g/mol. The van der Waals surface area contributed by atoms with Gasteiger partial charge in [0, 0.05) is 31.5 Å². The molecule has 17 nitrogen and oxygen atoms in total. The Labute approximate surface area is 340 Å². The minimum Gasteiger partial charge on any atom is -0.508 e. The van der Waals surface area contributed by atoms with Crippen molar-refractivity contribution >= 4 is 41.4 Å². The van der Waals surface area contributed by atoms with Gasteiger partial charge in [-0.2, -0.15) is 0 Å². The van der Waals surface area contributed by atoms with E-state index in [9.17, 15) is 38.7 Å². The Morgan fingerprint density at radius 3 is 1.48 bits per heavy atom. The molecule has 3 saturated carbocycles. The van der Waals surface area contributed by atoms with Gasteiger partial charge < -0.3 is 54.2 Å². The number of phenols is 1. The maximum absolute atomic E-state index is 14.1. The lowest BCUT2D eigenvalue weighted by molar-refractivity contribution is -0.368. The highest BCUT2D eigenvalue weighted by Gasteiger charge is 2.40. The van der Waals surface area contributed by atoms with E-state index in [-0.39, 0.29) is 41.8 Å². The van der Waals surface area contributed by atoms with Crippen molar-refractivity contribution in [3.05, 3.63) is 29.8 Å². The Kier molecular flexibility index (Phi) is 18.2. The van der Waals surface area contributed by atoms with Crippen molar-refractivity contribution in [1.82, 2.24) is 31.9 Å². The van der Waals surface area contributed by atoms with Gasteiger partial charge in [-0.25, -0.2) is 0 Å². The van der Waals surface area contributed by atoms with Crippen LogP contribution in [0.5, 0.6) is 5.75 Å². The quantitative estimate of drug-likeness (QED) is 0.0618. The van der Waals surface area contributed by atoms with E-state index in [0.717, 1.165) is 19.3 Å². The monoisotopic (exact) mass is 814 g/mol. The molecular formula is C41H67N9O8+2. The first-order chi connectivity index (χ1) is 27.8. The van der Waals surface area contributed by atoms with E-state index in [4.69, 9.17) is 5.73 Å². The van der Waals surface area contributed by atoms with E-state index < -0.39 is 65.7 Å². The number of nitrogens with one attached hydrogen (secondary N) is 6. The van der Waals surface area contributed by atoms with Crippen molar-refractivity contribution in [3.8, 4) is 5.75 Å². The summed E-state index contributed by atoms with van der Waals surface area (Å²) in [6, 6.07) is 2.25. The third-order valence-electron chi connectivity index (χ3n) is 11.9. The largest absolute Gasteiger partial charge is 0.508 e. The Hall–Kier alpha value is -4.77. The van der Waals surface area contributed by atoms with Crippen LogP contribution in [-0.4, -0.2) is 95.8 Å². The van der Waals surface area contributed by atoms with Crippen LogP contribution in [0.2, 0.25) is 0 Å². The highest BCUT2D eigenvalue weighted by atomic mass is 16.3. The second-order valence-corrected chi connectivity index (χ2v) is 16.3. The van der Waals surface area contributed by atoms with Gasteiger partial charge in [0.05, 0.1) is 30.8 Å². The molecule has 3 fully saturated rings. The molecule has 58 heavy (non-hydrogen) atoms. The van der Waals surface area contributed by atoms with Crippen LogP contribution in [0.3, 0.4) is 0 Å². The predicted octanol–water partition coefficient (Wildman–Crippen LogP) is -1.43. The molecule has 6 unspecified atom stereocenters. The predicted molar refractivity (Wildman–Crippen MR) is 213 cm³/mol. The molecule has 0 spiro atoms. The number of quaternary nitrogens is 2. The smallest absolute Gasteiger partial charge is 0.243 e. The summed E-state index contributed by atoms with van der Waals surface area (Å²) in [7, 11) is 0. The van der Waals surface area contributed by atoms with Crippen molar-refractivity contribution < 1.29 is 50.1 Å². The molecule has 3 aliphatic carbocycles. The van der Waals surface area contributed by atoms with Crippen molar-refractivity contribution in [2.24, 2.45) is 23.5 Å². The molecule has 9 atom stereocenters. The summed E-state index contributed by atoms with van der Waals surface area (Å²) in [5, 5.41) is 27.4. The Morgan fingerprint density at radius 2 is 1.03 bits per heavy atom. The Bertz CT molecular complexity index is 1580. The fraction of sp³-hybridized carbons (Fsp3) is 0.683. The number of benzene rings is 1. The molecule has 15 N–H and O–H groups in total. The minimum atomic E-state index is -1.04. The van der Waals surface area contributed by atoms with Crippen LogP contribution in [0.25, 0.3) is 0 Å². The van der Waals surface area contributed by atoms with E-state index in [0.29, 0.717) is 95.7 Å². The van der Waals surface area contributed by atoms with E-state index in [1.165, 1.54) is 19.1 Å². The molecule has 0 aromatic heterocycles. The van der Waals surface area contributed by atoms with Gasteiger partial charge >= 0.3 is 0 Å². The number of aromatic hydroxyl groups is 1. The number of nitrogens with two attached hydrogens (primary N) is 1. The highest BCUT2D eigenvalue weighted by molar-refractivity contribution is 5.92. The number of amides is 7. The Balaban J connectivity index is 1.44. The molecule has 0 saturated heterocycles. The highest BCUT2D eigenvalue weighted by Crippen LogP contribution is 2.29. The van der Waals surface area contributed by atoms with Crippen LogP contribution in [0.15, 0.2) is 24.3 Å². The number of carbonyl (C=O) groups excluding carboxylic acids is 7. The number of unbranched alkanes of at least 4 members (excludes halogenated alkanes) is 2. The van der Waals surface area contributed by atoms with E-state index in [1.807, 2.05) is 0 Å². The van der Waals surface area contributed by atoms with E-state index >= 15 is 0 Å². The Morgan fingerprint density at radius 1 is 0.621 bits per heavy atom. The van der Waals surface area contributed by atoms with Crippen LogP contribution < -0.4 is 49.1 Å².